The van der Waals surface area contributed by atoms with Gasteiger partial charge in [-0.1, -0.05) is 17.7 Å². The summed E-state index contributed by atoms with van der Waals surface area (Å²) in [7, 11) is 0. The Hall–Kier alpha value is -1.71. The van der Waals surface area contributed by atoms with E-state index in [1.54, 1.807) is 0 Å². The lowest BCUT2D eigenvalue weighted by Gasteiger charge is -2.36. The topological polar surface area (TPSA) is 41.6 Å². The van der Waals surface area contributed by atoms with Crippen molar-refractivity contribution in [3.63, 3.8) is 0 Å². The van der Waals surface area contributed by atoms with Crippen LogP contribution in [0.3, 0.4) is 0 Å². The van der Waals surface area contributed by atoms with Gasteiger partial charge >= 0.3 is 6.09 Å². The molecule has 0 aliphatic carbocycles. The van der Waals surface area contributed by atoms with Crippen LogP contribution in [-0.2, 0) is 4.74 Å². The summed E-state index contributed by atoms with van der Waals surface area (Å²) in [4.78, 5) is 13.9. The molecular weight excluding hydrogens is 288 g/mol. The molecule has 1 fully saturated rings. The van der Waals surface area contributed by atoms with Crippen LogP contribution in [0.5, 0.6) is 0 Å². The lowest BCUT2D eigenvalue weighted by molar-refractivity contribution is 0.0179. The van der Waals surface area contributed by atoms with Crippen molar-refractivity contribution >= 4 is 11.8 Å². The number of benzene rings is 1. The first-order chi connectivity index (χ1) is 10.7. The van der Waals surface area contributed by atoms with E-state index in [0.29, 0.717) is 12.0 Å². The van der Waals surface area contributed by atoms with E-state index in [1.165, 1.54) is 5.56 Å². The van der Waals surface area contributed by atoms with Crippen molar-refractivity contribution in [2.75, 3.05) is 18.4 Å². The molecule has 4 heteroatoms. The van der Waals surface area contributed by atoms with Crippen molar-refractivity contribution in [1.29, 1.82) is 0 Å². The van der Waals surface area contributed by atoms with Crippen LogP contribution in [0.1, 0.15) is 46.1 Å². The Morgan fingerprint density at radius 1 is 1.22 bits per heavy atom. The third-order valence-corrected chi connectivity index (χ3v) is 4.34. The van der Waals surface area contributed by atoms with Gasteiger partial charge in [-0.05, 0) is 65.5 Å². The molecule has 1 aromatic rings. The van der Waals surface area contributed by atoms with Crippen LogP contribution in [0.4, 0.5) is 10.5 Å². The van der Waals surface area contributed by atoms with E-state index >= 15 is 0 Å². The summed E-state index contributed by atoms with van der Waals surface area (Å²) in [5.41, 5.74) is 2.01. The quantitative estimate of drug-likeness (QED) is 0.895. The second kappa shape index (κ2) is 7.24. The zero-order valence-corrected chi connectivity index (χ0v) is 15.1. The maximum Gasteiger partial charge on any atom is 0.410 e. The molecule has 0 radical (unpaired) electrons. The van der Waals surface area contributed by atoms with E-state index in [4.69, 9.17) is 4.74 Å². The van der Waals surface area contributed by atoms with Crippen molar-refractivity contribution in [3.05, 3.63) is 29.8 Å². The molecule has 0 spiro atoms. The van der Waals surface area contributed by atoms with Crippen molar-refractivity contribution in [2.45, 2.75) is 59.1 Å². The number of nitrogens with zero attached hydrogens (tertiary/aromatic N) is 1. The maximum absolute atomic E-state index is 12.1. The van der Waals surface area contributed by atoms with Gasteiger partial charge in [0, 0.05) is 24.8 Å². The third-order valence-electron chi connectivity index (χ3n) is 4.34. The monoisotopic (exact) mass is 318 g/mol. The molecule has 1 amide bonds. The second-order valence-electron chi connectivity index (χ2n) is 7.60. The highest BCUT2D eigenvalue weighted by molar-refractivity contribution is 5.68. The molecule has 2 rings (SSSR count). The molecule has 23 heavy (non-hydrogen) atoms. The van der Waals surface area contributed by atoms with Crippen LogP contribution >= 0.6 is 0 Å². The number of carbonyl (C=O) groups is 1. The molecule has 1 unspecified atom stereocenters. The van der Waals surface area contributed by atoms with Crippen LogP contribution in [0.2, 0.25) is 0 Å². The smallest absolute Gasteiger partial charge is 0.410 e. The fraction of sp³-hybridized carbons (Fsp3) is 0.632. The molecule has 1 aliphatic rings. The molecule has 0 saturated carbocycles. The number of amides is 1. The van der Waals surface area contributed by atoms with Crippen LogP contribution in [0.25, 0.3) is 0 Å². The lowest BCUT2D eigenvalue weighted by Crippen LogP contribution is -2.44. The van der Waals surface area contributed by atoms with Gasteiger partial charge in [-0.15, -0.1) is 0 Å². The average Bonchev–Trinajstić information content (AvgIpc) is 2.48. The second-order valence-corrected chi connectivity index (χ2v) is 7.60. The van der Waals surface area contributed by atoms with Gasteiger partial charge in [-0.3, -0.25) is 0 Å². The molecule has 128 valence electrons. The first kappa shape index (κ1) is 17.6. The Balaban J connectivity index is 1.81. The van der Waals surface area contributed by atoms with Crippen molar-refractivity contribution < 1.29 is 9.53 Å². The first-order valence-electron chi connectivity index (χ1n) is 8.56. The molecule has 1 aliphatic heterocycles. The highest BCUT2D eigenvalue weighted by Gasteiger charge is 2.29. The number of hydrogen-bond donors (Lipinski definition) is 1. The van der Waals surface area contributed by atoms with Gasteiger partial charge in [0.15, 0.2) is 0 Å². The number of carbonyl (C=O) groups excluding carboxylic acids is 1. The number of rotatable bonds is 3. The van der Waals surface area contributed by atoms with Gasteiger partial charge in [-0.25, -0.2) is 4.79 Å². The van der Waals surface area contributed by atoms with E-state index in [-0.39, 0.29) is 6.09 Å². The molecule has 1 atom stereocenters. The molecule has 1 N–H and O–H groups in total. The van der Waals surface area contributed by atoms with Crippen molar-refractivity contribution in [1.82, 2.24) is 4.90 Å². The van der Waals surface area contributed by atoms with Crippen molar-refractivity contribution in [3.8, 4) is 0 Å². The molecule has 0 bridgehead atoms. The highest BCUT2D eigenvalue weighted by atomic mass is 16.6. The van der Waals surface area contributed by atoms with Crippen LogP contribution in [0.15, 0.2) is 24.3 Å². The predicted octanol–water partition coefficient (Wildman–Crippen LogP) is 4.44. The van der Waals surface area contributed by atoms with E-state index < -0.39 is 5.60 Å². The Morgan fingerprint density at radius 2 is 1.78 bits per heavy atom. The maximum atomic E-state index is 12.1. The number of ether oxygens (including phenoxy) is 1. The summed E-state index contributed by atoms with van der Waals surface area (Å²) in [6, 6.07) is 8.91. The molecule has 1 saturated heterocycles. The van der Waals surface area contributed by atoms with Gasteiger partial charge in [0.25, 0.3) is 0 Å². The average molecular weight is 318 g/mol. The summed E-state index contributed by atoms with van der Waals surface area (Å²) in [5.74, 6) is 0.579. The van der Waals surface area contributed by atoms with E-state index in [9.17, 15) is 4.79 Å². The summed E-state index contributed by atoms with van der Waals surface area (Å²) in [5, 5.41) is 3.59. The van der Waals surface area contributed by atoms with Crippen LogP contribution in [0, 0.1) is 12.8 Å². The van der Waals surface area contributed by atoms with Gasteiger partial charge in [0.1, 0.15) is 5.60 Å². The van der Waals surface area contributed by atoms with Gasteiger partial charge in [0.2, 0.25) is 0 Å². The Morgan fingerprint density at radius 3 is 2.30 bits per heavy atom. The molecule has 4 nitrogen and oxygen atoms in total. The summed E-state index contributed by atoms with van der Waals surface area (Å²) in [6.07, 6.45) is 1.84. The standard InChI is InChI=1S/C19H30N2O2/c1-14-6-8-17(9-7-14)20-15(2)16-10-12-21(13-11-16)18(22)23-19(3,4)5/h6-9,15-16,20H,10-13H2,1-5H3. The number of aryl methyl sites for hydroxylation is 1. The minimum absolute atomic E-state index is 0.185. The van der Waals surface area contributed by atoms with E-state index in [1.807, 2.05) is 25.7 Å². The zero-order chi connectivity index (χ0) is 17.0. The minimum Gasteiger partial charge on any atom is -0.444 e. The predicted molar refractivity (Wildman–Crippen MR) is 94.8 cm³/mol. The molecule has 1 aromatic carbocycles. The van der Waals surface area contributed by atoms with Crippen molar-refractivity contribution in [2.24, 2.45) is 5.92 Å². The lowest BCUT2D eigenvalue weighted by atomic mass is 9.90. The third kappa shape index (κ3) is 5.45. The van der Waals surface area contributed by atoms with E-state index in [2.05, 4.69) is 43.4 Å². The van der Waals surface area contributed by atoms with Gasteiger partial charge < -0.3 is 15.0 Å². The zero-order valence-electron chi connectivity index (χ0n) is 15.1. The summed E-state index contributed by atoms with van der Waals surface area (Å²) < 4.78 is 5.45. The highest BCUT2D eigenvalue weighted by Crippen LogP contribution is 2.24. The van der Waals surface area contributed by atoms with E-state index in [0.717, 1.165) is 31.6 Å². The minimum atomic E-state index is -0.422. The SMILES string of the molecule is Cc1ccc(NC(C)C2CCN(C(=O)OC(C)(C)C)CC2)cc1. The summed E-state index contributed by atoms with van der Waals surface area (Å²) in [6.45, 7) is 11.6. The van der Waals surface area contributed by atoms with Gasteiger partial charge in [-0.2, -0.15) is 0 Å². The number of likely N-dealkylation sites (tertiary alicyclic amines) is 1. The van der Waals surface area contributed by atoms with Gasteiger partial charge in [0.05, 0.1) is 0 Å². The Labute approximate surface area is 140 Å². The number of nitrogens with one attached hydrogen (secondary N) is 1. The fourth-order valence-corrected chi connectivity index (χ4v) is 2.94. The Kier molecular flexibility index (Phi) is 5.55. The molecule has 0 aromatic heterocycles. The number of hydrogen-bond acceptors (Lipinski definition) is 3. The molecular formula is C19H30N2O2. The first-order valence-corrected chi connectivity index (χ1v) is 8.56. The fourth-order valence-electron chi connectivity index (χ4n) is 2.94. The Bertz CT molecular complexity index is 511. The largest absolute Gasteiger partial charge is 0.444 e. The molecule has 1 heterocycles. The van der Waals surface area contributed by atoms with Crippen LogP contribution in [-0.4, -0.2) is 35.7 Å². The number of anilines is 1. The summed E-state index contributed by atoms with van der Waals surface area (Å²) >= 11 is 0. The number of piperidine rings is 1. The normalized spacial score (nSPS) is 17.7. The van der Waals surface area contributed by atoms with Crippen LogP contribution < -0.4 is 5.32 Å².